The SMILES string of the molecule is N#Cc1ccc2c(ccn2Cc2ccc(N)cc2Br)c1. The third-order valence-corrected chi connectivity index (χ3v) is 4.06. The second-order valence-electron chi connectivity index (χ2n) is 4.68. The molecule has 0 saturated heterocycles. The summed E-state index contributed by atoms with van der Waals surface area (Å²) in [6, 6.07) is 15.8. The van der Waals surface area contributed by atoms with Gasteiger partial charge in [-0.15, -0.1) is 0 Å². The Kier molecular flexibility index (Phi) is 3.21. The van der Waals surface area contributed by atoms with E-state index in [0.717, 1.165) is 27.6 Å². The highest BCUT2D eigenvalue weighted by Gasteiger charge is 2.05. The Bertz CT molecular complexity index is 827. The topological polar surface area (TPSA) is 54.7 Å². The smallest absolute Gasteiger partial charge is 0.0991 e. The second-order valence-corrected chi connectivity index (χ2v) is 5.53. The molecular weight excluding hydrogens is 314 g/mol. The zero-order valence-corrected chi connectivity index (χ0v) is 12.3. The van der Waals surface area contributed by atoms with Crippen LogP contribution in [0.3, 0.4) is 0 Å². The fourth-order valence-electron chi connectivity index (χ4n) is 2.28. The molecule has 98 valence electrons. The van der Waals surface area contributed by atoms with Crippen molar-refractivity contribution in [2.75, 3.05) is 5.73 Å². The maximum Gasteiger partial charge on any atom is 0.0991 e. The Morgan fingerprint density at radius 3 is 2.75 bits per heavy atom. The van der Waals surface area contributed by atoms with Gasteiger partial charge in [-0.2, -0.15) is 5.26 Å². The average molecular weight is 326 g/mol. The van der Waals surface area contributed by atoms with E-state index >= 15 is 0 Å². The van der Waals surface area contributed by atoms with Gasteiger partial charge in [0.15, 0.2) is 0 Å². The van der Waals surface area contributed by atoms with Crippen LogP contribution in [0.5, 0.6) is 0 Å². The summed E-state index contributed by atoms with van der Waals surface area (Å²) < 4.78 is 3.17. The lowest BCUT2D eigenvalue weighted by molar-refractivity contribution is 0.833. The van der Waals surface area contributed by atoms with Crippen molar-refractivity contribution in [2.45, 2.75) is 6.54 Å². The largest absolute Gasteiger partial charge is 0.399 e. The van der Waals surface area contributed by atoms with E-state index < -0.39 is 0 Å². The van der Waals surface area contributed by atoms with E-state index in [1.54, 1.807) is 0 Å². The van der Waals surface area contributed by atoms with Crippen LogP contribution in [0.1, 0.15) is 11.1 Å². The molecule has 2 N–H and O–H groups in total. The van der Waals surface area contributed by atoms with Gasteiger partial charge in [0, 0.05) is 33.8 Å². The first-order chi connectivity index (χ1) is 9.67. The first-order valence-corrected chi connectivity index (χ1v) is 6.99. The van der Waals surface area contributed by atoms with E-state index in [9.17, 15) is 0 Å². The lowest BCUT2D eigenvalue weighted by Crippen LogP contribution is -1.99. The number of anilines is 1. The summed E-state index contributed by atoms with van der Waals surface area (Å²) in [7, 11) is 0. The predicted molar refractivity (Wildman–Crippen MR) is 84.3 cm³/mol. The molecule has 3 rings (SSSR count). The van der Waals surface area contributed by atoms with Gasteiger partial charge < -0.3 is 10.3 Å². The van der Waals surface area contributed by atoms with Crippen LogP contribution in [0.4, 0.5) is 5.69 Å². The van der Waals surface area contributed by atoms with Gasteiger partial charge in [-0.05, 0) is 42.0 Å². The van der Waals surface area contributed by atoms with E-state index in [-0.39, 0.29) is 0 Å². The van der Waals surface area contributed by atoms with Crippen molar-refractivity contribution < 1.29 is 0 Å². The van der Waals surface area contributed by atoms with E-state index in [1.165, 1.54) is 5.56 Å². The number of hydrogen-bond donors (Lipinski definition) is 1. The van der Waals surface area contributed by atoms with Crippen molar-refractivity contribution in [2.24, 2.45) is 0 Å². The Hall–Kier alpha value is -2.25. The van der Waals surface area contributed by atoms with Crippen LogP contribution >= 0.6 is 15.9 Å². The standard InChI is InChI=1S/C16H12BrN3/c17-15-8-14(19)3-2-13(15)10-20-6-5-12-7-11(9-18)1-4-16(12)20/h1-8H,10,19H2. The molecule has 0 radical (unpaired) electrons. The van der Waals surface area contributed by atoms with Gasteiger partial charge in [-0.1, -0.05) is 22.0 Å². The Labute approximate surface area is 125 Å². The van der Waals surface area contributed by atoms with Gasteiger partial charge in [0.2, 0.25) is 0 Å². The number of nitrogens with zero attached hydrogens (tertiary/aromatic N) is 2. The van der Waals surface area contributed by atoms with Crippen LogP contribution in [0.15, 0.2) is 53.1 Å². The number of nitrogens with two attached hydrogens (primary N) is 1. The molecule has 0 fully saturated rings. The molecule has 0 amide bonds. The van der Waals surface area contributed by atoms with Crippen molar-refractivity contribution in [3.8, 4) is 6.07 Å². The summed E-state index contributed by atoms with van der Waals surface area (Å²) in [4.78, 5) is 0. The molecule has 0 saturated carbocycles. The van der Waals surface area contributed by atoms with Crippen molar-refractivity contribution in [1.82, 2.24) is 4.57 Å². The summed E-state index contributed by atoms with van der Waals surface area (Å²) in [5.74, 6) is 0. The van der Waals surface area contributed by atoms with Crippen molar-refractivity contribution >= 4 is 32.5 Å². The number of hydrogen-bond acceptors (Lipinski definition) is 2. The van der Waals surface area contributed by atoms with Crippen LogP contribution in [-0.4, -0.2) is 4.57 Å². The minimum absolute atomic E-state index is 0.684. The molecule has 20 heavy (non-hydrogen) atoms. The number of halogens is 1. The number of nitrogen functional groups attached to an aromatic ring is 1. The lowest BCUT2D eigenvalue weighted by atomic mass is 10.1. The quantitative estimate of drug-likeness (QED) is 0.726. The molecule has 0 atom stereocenters. The second kappa shape index (κ2) is 5.03. The van der Waals surface area contributed by atoms with Crippen molar-refractivity contribution in [1.29, 1.82) is 5.26 Å². The zero-order valence-electron chi connectivity index (χ0n) is 10.7. The Balaban J connectivity index is 2.01. The highest BCUT2D eigenvalue weighted by molar-refractivity contribution is 9.10. The molecular formula is C16H12BrN3. The zero-order chi connectivity index (χ0) is 14.1. The molecule has 0 aliphatic heterocycles. The third kappa shape index (κ3) is 2.28. The van der Waals surface area contributed by atoms with E-state index in [0.29, 0.717) is 5.56 Å². The first kappa shape index (κ1) is 12.8. The number of rotatable bonds is 2. The molecule has 0 aliphatic rings. The fourth-order valence-corrected chi connectivity index (χ4v) is 2.80. The maximum atomic E-state index is 8.93. The highest BCUT2D eigenvalue weighted by Crippen LogP contribution is 2.24. The number of aromatic nitrogens is 1. The van der Waals surface area contributed by atoms with E-state index in [2.05, 4.69) is 26.6 Å². The van der Waals surface area contributed by atoms with Gasteiger partial charge in [-0.25, -0.2) is 0 Å². The summed E-state index contributed by atoms with van der Waals surface area (Å²) in [6.07, 6.45) is 2.04. The minimum atomic E-state index is 0.684. The molecule has 4 heteroatoms. The molecule has 0 bridgehead atoms. The van der Waals surface area contributed by atoms with Gasteiger partial charge in [0.25, 0.3) is 0 Å². The van der Waals surface area contributed by atoms with Crippen LogP contribution in [0.2, 0.25) is 0 Å². The third-order valence-electron chi connectivity index (χ3n) is 3.32. The van der Waals surface area contributed by atoms with E-state index in [1.807, 2.05) is 48.7 Å². The molecule has 0 spiro atoms. The van der Waals surface area contributed by atoms with Gasteiger partial charge in [0.1, 0.15) is 0 Å². The molecule has 0 aliphatic carbocycles. The summed E-state index contributed by atoms with van der Waals surface area (Å²) in [5, 5.41) is 10.0. The molecule has 2 aromatic carbocycles. The average Bonchev–Trinajstić information content (AvgIpc) is 2.84. The van der Waals surface area contributed by atoms with Crippen LogP contribution in [0, 0.1) is 11.3 Å². The van der Waals surface area contributed by atoms with Crippen molar-refractivity contribution in [3.05, 3.63) is 64.3 Å². The van der Waals surface area contributed by atoms with Gasteiger partial charge >= 0.3 is 0 Å². The molecule has 1 heterocycles. The monoisotopic (exact) mass is 325 g/mol. The van der Waals surface area contributed by atoms with E-state index in [4.69, 9.17) is 11.0 Å². The van der Waals surface area contributed by atoms with Crippen LogP contribution in [0.25, 0.3) is 10.9 Å². The highest BCUT2D eigenvalue weighted by atomic mass is 79.9. The van der Waals surface area contributed by atoms with Gasteiger partial charge in [-0.3, -0.25) is 0 Å². The summed E-state index contributed by atoms with van der Waals surface area (Å²) >= 11 is 3.54. The number of nitriles is 1. The van der Waals surface area contributed by atoms with Crippen LogP contribution in [-0.2, 0) is 6.54 Å². The lowest BCUT2D eigenvalue weighted by Gasteiger charge is -2.08. The molecule has 3 nitrogen and oxygen atoms in total. The minimum Gasteiger partial charge on any atom is -0.399 e. The molecule has 1 aromatic heterocycles. The Morgan fingerprint density at radius 1 is 1.15 bits per heavy atom. The van der Waals surface area contributed by atoms with Crippen LogP contribution < -0.4 is 5.73 Å². The number of benzene rings is 2. The normalized spacial score (nSPS) is 10.6. The fraction of sp³-hybridized carbons (Fsp3) is 0.0625. The number of fused-ring (bicyclic) bond motifs is 1. The molecule has 3 aromatic rings. The first-order valence-electron chi connectivity index (χ1n) is 6.20. The molecule has 0 unspecified atom stereocenters. The summed E-state index contributed by atoms with van der Waals surface area (Å²) in [5.41, 5.74) is 9.47. The van der Waals surface area contributed by atoms with Crippen molar-refractivity contribution in [3.63, 3.8) is 0 Å². The predicted octanol–water partition coefficient (Wildman–Crippen LogP) is 3.91. The summed E-state index contributed by atoms with van der Waals surface area (Å²) in [6.45, 7) is 0.760. The Morgan fingerprint density at radius 2 is 2.00 bits per heavy atom. The maximum absolute atomic E-state index is 8.93. The van der Waals surface area contributed by atoms with Gasteiger partial charge in [0.05, 0.1) is 11.6 Å².